The molecule has 1 N–H and O–H groups in total. The van der Waals surface area contributed by atoms with Gasteiger partial charge in [0.05, 0.1) is 18.4 Å². The Morgan fingerprint density at radius 3 is 3.00 bits per heavy atom. The zero-order valence-electron chi connectivity index (χ0n) is 6.97. The van der Waals surface area contributed by atoms with E-state index in [-0.39, 0.29) is 0 Å². The molecule has 4 nitrogen and oxygen atoms in total. The lowest BCUT2D eigenvalue weighted by Gasteiger charge is -2.01. The fraction of sp³-hybridized carbons (Fsp3) is 0.111. The Kier molecular flexibility index (Phi) is 2.22. The van der Waals surface area contributed by atoms with Gasteiger partial charge in [-0.3, -0.25) is 4.98 Å². The van der Waals surface area contributed by atoms with Crippen LogP contribution in [0.3, 0.4) is 0 Å². The number of hydrogen-bond acceptors (Lipinski definition) is 4. The number of aromatic nitrogens is 2. The van der Waals surface area contributed by atoms with Gasteiger partial charge in [-0.25, -0.2) is 4.98 Å². The van der Waals surface area contributed by atoms with Crippen LogP contribution in [-0.2, 0) is 6.54 Å². The first-order valence-corrected chi connectivity index (χ1v) is 3.96. The number of pyridine rings is 1. The van der Waals surface area contributed by atoms with Gasteiger partial charge < -0.3 is 9.73 Å². The Labute approximate surface area is 75.6 Å². The maximum Gasteiger partial charge on any atom is 0.180 e. The van der Waals surface area contributed by atoms with E-state index in [0.29, 0.717) is 6.54 Å². The number of rotatable bonds is 3. The lowest BCUT2D eigenvalue weighted by molar-refractivity contribution is 0.511. The lowest BCUT2D eigenvalue weighted by atomic mass is 10.4. The number of hydrogen-bond donors (Lipinski definition) is 1. The quantitative estimate of drug-likeness (QED) is 0.771. The second-order valence-electron chi connectivity index (χ2n) is 2.56. The van der Waals surface area contributed by atoms with Gasteiger partial charge in [0.15, 0.2) is 6.39 Å². The highest BCUT2D eigenvalue weighted by molar-refractivity contribution is 5.39. The molecule has 0 aliphatic heterocycles. The van der Waals surface area contributed by atoms with Crippen LogP contribution in [0.5, 0.6) is 0 Å². The molecule has 66 valence electrons. The van der Waals surface area contributed by atoms with Crippen LogP contribution in [0, 0.1) is 0 Å². The van der Waals surface area contributed by atoms with E-state index in [1.54, 1.807) is 18.6 Å². The number of nitrogens with zero attached hydrogens (tertiary/aromatic N) is 2. The molecule has 0 saturated heterocycles. The molecular formula is C9H9N3O. The average Bonchev–Trinajstić information content (AvgIpc) is 2.69. The predicted octanol–water partition coefficient (Wildman–Crippen LogP) is 1.68. The highest BCUT2D eigenvalue weighted by Crippen LogP contribution is 2.05. The van der Waals surface area contributed by atoms with Gasteiger partial charge in [-0.2, -0.15) is 0 Å². The Morgan fingerprint density at radius 1 is 1.31 bits per heavy atom. The number of nitrogens with one attached hydrogen (secondary N) is 1. The van der Waals surface area contributed by atoms with Crippen LogP contribution in [0.4, 0.5) is 5.69 Å². The van der Waals surface area contributed by atoms with E-state index in [0.717, 1.165) is 11.4 Å². The fourth-order valence-corrected chi connectivity index (χ4v) is 0.986. The molecule has 0 amide bonds. The molecule has 0 aliphatic rings. The zero-order chi connectivity index (χ0) is 8.93. The van der Waals surface area contributed by atoms with Crippen LogP contribution >= 0.6 is 0 Å². The highest BCUT2D eigenvalue weighted by Gasteiger charge is 1.95. The summed E-state index contributed by atoms with van der Waals surface area (Å²) in [6.45, 7) is 0.631. The monoisotopic (exact) mass is 175 g/mol. The maximum atomic E-state index is 5.06. The van der Waals surface area contributed by atoms with Gasteiger partial charge in [0.1, 0.15) is 5.76 Å². The summed E-state index contributed by atoms with van der Waals surface area (Å²) in [6.07, 6.45) is 6.60. The third kappa shape index (κ3) is 2.05. The molecule has 0 aromatic carbocycles. The van der Waals surface area contributed by atoms with Gasteiger partial charge in [-0.05, 0) is 12.1 Å². The van der Waals surface area contributed by atoms with E-state index in [4.69, 9.17) is 4.42 Å². The Morgan fingerprint density at radius 2 is 2.31 bits per heavy atom. The van der Waals surface area contributed by atoms with E-state index >= 15 is 0 Å². The standard InChI is InChI=1S/C9H9N3O/c1-2-8(4-10-3-1)12-6-9-5-11-7-13-9/h1-5,7,12H,6H2. The molecule has 0 spiro atoms. The van der Waals surface area contributed by atoms with E-state index in [1.165, 1.54) is 6.39 Å². The predicted molar refractivity (Wildman–Crippen MR) is 48.1 cm³/mol. The van der Waals surface area contributed by atoms with Crippen LogP contribution in [-0.4, -0.2) is 9.97 Å². The second-order valence-corrected chi connectivity index (χ2v) is 2.56. The Bertz CT molecular complexity index is 344. The minimum Gasteiger partial charge on any atom is -0.447 e. The molecule has 0 unspecified atom stereocenters. The molecule has 0 radical (unpaired) electrons. The zero-order valence-corrected chi connectivity index (χ0v) is 6.97. The van der Waals surface area contributed by atoms with Gasteiger partial charge in [-0.1, -0.05) is 0 Å². The topological polar surface area (TPSA) is 51.0 Å². The summed E-state index contributed by atoms with van der Waals surface area (Å²) in [5.41, 5.74) is 0.971. The average molecular weight is 175 g/mol. The van der Waals surface area contributed by atoms with Crippen LogP contribution in [0.2, 0.25) is 0 Å². The largest absolute Gasteiger partial charge is 0.447 e. The van der Waals surface area contributed by atoms with E-state index in [1.807, 2.05) is 12.1 Å². The maximum absolute atomic E-state index is 5.06. The summed E-state index contributed by atoms with van der Waals surface area (Å²) in [4.78, 5) is 7.79. The van der Waals surface area contributed by atoms with Crippen molar-refractivity contribution in [1.82, 2.24) is 9.97 Å². The third-order valence-corrected chi connectivity index (χ3v) is 1.61. The summed E-state index contributed by atoms with van der Waals surface area (Å²) < 4.78 is 5.06. The van der Waals surface area contributed by atoms with E-state index in [2.05, 4.69) is 15.3 Å². The summed E-state index contributed by atoms with van der Waals surface area (Å²) in [5.74, 6) is 0.809. The van der Waals surface area contributed by atoms with E-state index in [9.17, 15) is 0 Å². The molecule has 2 aromatic heterocycles. The summed E-state index contributed by atoms with van der Waals surface area (Å²) >= 11 is 0. The fourth-order valence-electron chi connectivity index (χ4n) is 0.986. The van der Waals surface area contributed by atoms with Crippen molar-refractivity contribution in [2.45, 2.75) is 6.54 Å². The molecule has 2 aromatic rings. The minimum atomic E-state index is 0.631. The van der Waals surface area contributed by atoms with Crippen molar-refractivity contribution >= 4 is 5.69 Å². The van der Waals surface area contributed by atoms with Gasteiger partial charge >= 0.3 is 0 Å². The summed E-state index contributed by atoms with van der Waals surface area (Å²) in [7, 11) is 0. The molecule has 0 bridgehead atoms. The smallest absolute Gasteiger partial charge is 0.180 e. The van der Waals surface area contributed by atoms with Crippen molar-refractivity contribution in [3.8, 4) is 0 Å². The van der Waals surface area contributed by atoms with Crippen molar-refractivity contribution < 1.29 is 4.42 Å². The van der Waals surface area contributed by atoms with Crippen molar-refractivity contribution in [3.05, 3.63) is 42.9 Å². The van der Waals surface area contributed by atoms with Crippen LogP contribution in [0.1, 0.15) is 5.76 Å². The molecule has 4 heteroatoms. The van der Waals surface area contributed by atoms with Gasteiger partial charge in [0, 0.05) is 12.4 Å². The molecule has 13 heavy (non-hydrogen) atoms. The highest BCUT2D eigenvalue weighted by atomic mass is 16.3. The van der Waals surface area contributed by atoms with Gasteiger partial charge in [0.25, 0.3) is 0 Å². The molecule has 2 heterocycles. The Hall–Kier alpha value is -1.84. The first-order valence-electron chi connectivity index (χ1n) is 3.96. The van der Waals surface area contributed by atoms with E-state index < -0.39 is 0 Å². The van der Waals surface area contributed by atoms with Crippen molar-refractivity contribution in [2.75, 3.05) is 5.32 Å². The molecule has 0 fully saturated rings. The first-order chi connectivity index (χ1) is 6.45. The van der Waals surface area contributed by atoms with Crippen molar-refractivity contribution in [2.24, 2.45) is 0 Å². The molecule has 0 aliphatic carbocycles. The molecule has 2 rings (SSSR count). The SMILES string of the molecule is c1cncc(NCc2cnco2)c1. The van der Waals surface area contributed by atoms with Gasteiger partial charge in [-0.15, -0.1) is 0 Å². The number of oxazole rings is 1. The Balaban J connectivity index is 1.94. The van der Waals surface area contributed by atoms with Crippen LogP contribution < -0.4 is 5.32 Å². The summed E-state index contributed by atoms with van der Waals surface area (Å²) in [5, 5.41) is 3.15. The van der Waals surface area contributed by atoms with Crippen LogP contribution in [0.15, 0.2) is 41.5 Å². The second kappa shape index (κ2) is 3.71. The van der Waals surface area contributed by atoms with Crippen molar-refractivity contribution in [1.29, 1.82) is 0 Å². The molecule has 0 atom stereocenters. The lowest BCUT2D eigenvalue weighted by Crippen LogP contribution is -1.97. The van der Waals surface area contributed by atoms with Gasteiger partial charge in [0.2, 0.25) is 0 Å². The summed E-state index contributed by atoms with van der Waals surface area (Å²) in [6, 6.07) is 3.83. The normalized spacial score (nSPS) is 9.85. The molecular weight excluding hydrogens is 166 g/mol. The third-order valence-electron chi connectivity index (χ3n) is 1.61. The molecule has 0 saturated carbocycles. The minimum absolute atomic E-state index is 0.631. The van der Waals surface area contributed by atoms with Crippen molar-refractivity contribution in [3.63, 3.8) is 0 Å². The van der Waals surface area contributed by atoms with Crippen LogP contribution in [0.25, 0.3) is 0 Å². The first kappa shape index (κ1) is 7.79. The number of anilines is 1.